The van der Waals surface area contributed by atoms with Crippen molar-refractivity contribution in [3.63, 3.8) is 0 Å². The molecule has 12 heteroatoms. The number of carbonyl (C=O) groups excluding carboxylic acids is 2. The van der Waals surface area contributed by atoms with E-state index in [-0.39, 0.29) is 49.1 Å². The molecular weight excluding hydrogens is 548 g/mol. The number of pyridine rings is 1. The second-order valence-electron chi connectivity index (χ2n) is 10.7. The highest BCUT2D eigenvalue weighted by molar-refractivity contribution is 7.88. The number of aromatic nitrogens is 1. The van der Waals surface area contributed by atoms with Gasteiger partial charge in [-0.05, 0) is 63.4 Å². The summed E-state index contributed by atoms with van der Waals surface area (Å²) in [6.45, 7) is 6.08. The fourth-order valence-corrected chi connectivity index (χ4v) is 4.98. The molecule has 1 aliphatic heterocycles. The molecule has 1 aromatic heterocycles. The van der Waals surface area contributed by atoms with E-state index < -0.39 is 22.2 Å². The van der Waals surface area contributed by atoms with E-state index in [0.29, 0.717) is 23.6 Å². The van der Waals surface area contributed by atoms with Gasteiger partial charge in [-0.1, -0.05) is 6.92 Å². The van der Waals surface area contributed by atoms with Gasteiger partial charge < -0.3 is 24.8 Å². The van der Waals surface area contributed by atoms with Gasteiger partial charge >= 0.3 is 0 Å². The zero-order chi connectivity index (χ0) is 30.2. The molecule has 4 atom stereocenters. The zero-order valence-corrected chi connectivity index (χ0v) is 25.3. The maximum Gasteiger partial charge on any atom is 0.258 e. The molecule has 0 radical (unpaired) electrons. The van der Waals surface area contributed by atoms with Crippen LogP contribution in [0.3, 0.4) is 0 Å². The lowest BCUT2D eigenvalue weighted by molar-refractivity contribution is -0.00828. The molecule has 41 heavy (non-hydrogen) atoms. The number of nitrogens with one attached hydrogen (secondary N) is 1. The number of carbonyl (C=O) groups is 2. The molecule has 2 aromatic rings. The SMILES string of the molecule is C[C@H]1CCCCO[C@H](CN(C)S(C)(=O)=O)[C@@H](C)CN([C@@H](C)CO)C(=O)c2cc(NC(=O)c3ccncc3)ccc2O1. The fourth-order valence-electron chi connectivity index (χ4n) is 4.56. The predicted molar refractivity (Wildman–Crippen MR) is 157 cm³/mol. The van der Waals surface area contributed by atoms with Gasteiger partial charge in [-0.25, -0.2) is 12.7 Å². The van der Waals surface area contributed by atoms with Crippen LogP contribution in [0.25, 0.3) is 0 Å². The molecule has 0 saturated heterocycles. The molecule has 0 spiro atoms. The Labute approximate surface area is 242 Å². The molecule has 0 unspecified atom stereocenters. The Kier molecular flexibility index (Phi) is 11.6. The van der Waals surface area contributed by atoms with Crippen molar-refractivity contribution in [3.8, 4) is 5.75 Å². The Bertz CT molecular complexity index is 1280. The van der Waals surface area contributed by atoms with Crippen LogP contribution >= 0.6 is 0 Å². The molecule has 2 N–H and O–H groups in total. The molecule has 0 bridgehead atoms. The third-order valence-electron chi connectivity index (χ3n) is 7.26. The number of sulfonamides is 1. The van der Waals surface area contributed by atoms with E-state index in [0.717, 1.165) is 25.5 Å². The molecule has 0 saturated carbocycles. The quantitative estimate of drug-likeness (QED) is 0.502. The number of anilines is 1. The first kappa shape index (κ1) is 32.5. The lowest BCUT2D eigenvalue weighted by Crippen LogP contribution is -2.47. The number of fused-ring (bicyclic) bond motifs is 1. The Morgan fingerprint density at radius 3 is 2.59 bits per heavy atom. The lowest BCUT2D eigenvalue weighted by Gasteiger charge is -2.35. The second kappa shape index (κ2) is 14.7. The molecule has 2 amide bonds. The van der Waals surface area contributed by atoms with Crippen LogP contribution in [0.15, 0.2) is 42.7 Å². The van der Waals surface area contributed by atoms with Crippen LogP contribution in [0, 0.1) is 5.92 Å². The smallest absolute Gasteiger partial charge is 0.258 e. The number of aliphatic hydroxyl groups is 1. The summed E-state index contributed by atoms with van der Waals surface area (Å²) in [5.41, 5.74) is 1.09. The molecule has 0 aliphatic carbocycles. The summed E-state index contributed by atoms with van der Waals surface area (Å²) in [7, 11) is -1.93. The normalized spacial score (nSPS) is 21.9. The van der Waals surface area contributed by atoms with E-state index in [2.05, 4.69) is 10.3 Å². The third-order valence-corrected chi connectivity index (χ3v) is 8.54. The Morgan fingerprint density at radius 2 is 1.93 bits per heavy atom. The molecule has 2 heterocycles. The minimum atomic E-state index is -3.44. The molecule has 3 rings (SSSR count). The van der Waals surface area contributed by atoms with Crippen LogP contribution in [-0.2, 0) is 14.8 Å². The van der Waals surface area contributed by atoms with Gasteiger partial charge in [0.25, 0.3) is 11.8 Å². The number of hydrogen-bond donors (Lipinski definition) is 2. The molecular formula is C29H42N4O7S. The van der Waals surface area contributed by atoms with Crippen molar-refractivity contribution in [3.05, 3.63) is 53.9 Å². The van der Waals surface area contributed by atoms with Crippen LogP contribution in [0.4, 0.5) is 5.69 Å². The average molecular weight is 591 g/mol. The lowest BCUT2D eigenvalue weighted by atomic mass is 10.0. The standard InChI is InChI=1S/C29H42N4O7S/c1-20-17-33(21(2)19-34)29(36)25-16-24(31-28(35)23-11-13-30-14-12-23)9-10-26(25)40-22(3)8-6-7-15-39-27(20)18-32(4)41(5,37)38/h9-14,16,20-22,27,34H,6-8,15,17-19H2,1-5H3,(H,31,35)/t20-,21-,22-,27+/m0/s1. The number of aliphatic hydroxyl groups excluding tert-OH is 1. The van der Waals surface area contributed by atoms with Crippen molar-refractivity contribution in [1.82, 2.24) is 14.2 Å². The molecule has 0 fully saturated rings. The summed E-state index contributed by atoms with van der Waals surface area (Å²) < 4.78 is 37.9. The number of nitrogens with zero attached hydrogens (tertiary/aromatic N) is 3. The number of ether oxygens (including phenoxy) is 2. The highest BCUT2D eigenvalue weighted by Crippen LogP contribution is 2.29. The van der Waals surface area contributed by atoms with Crippen LogP contribution < -0.4 is 10.1 Å². The monoisotopic (exact) mass is 590 g/mol. The maximum atomic E-state index is 14.1. The summed E-state index contributed by atoms with van der Waals surface area (Å²) in [6, 6.07) is 7.59. The highest BCUT2D eigenvalue weighted by Gasteiger charge is 2.31. The van der Waals surface area contributed by atoms with Crippen molar-refractivity contribution in [2.75, 3.05) is 44.9 Å². The summed E-state index contributed by atoms with van der Waals surface area (Å²) >= 11 is 0. The zero-order valence-electron chi connectivity index (χ0n) is 24.4. The maximum absolute atomic E-state index is 14.1. The number of amides is 2. The van der Waals surface area contributed by atoms with Crippen molar-refractivity contribution < 1.29 is 32.6 Å². The summed E-state index contributed by atoms with van der Waals surface area (Å²) in [6.07, 6.45) is 5.83. The van der Waals surface area contributed by atoms with Crippen molar-refractivity contribution >= 4 is 27.5 Å². The first-order valence-electron chi connectivity index (χ1n) is 13.9. The fraction of sp³-hybridized carbons (Fsp3) is 0.552. The topological polar surface area (TPSA) is 138 Å². The van der Waals surface area contributed by atoms with Crippen LogP contribution in [0.1, 0.15) is 60.7 Å². The third kappa shape index (κ3) is 9.22. The van der Waals surface area contributed by atoms with Gasteiger partial charge in [0.2, 0.25) is 10.0 Å². The minimum Gasteiger partial charge on any atom is -0.490 e. The van der Waals surface area contributed by atoms with E-state index in [1.807, 2.05) is 13.8 Å². The summed E-state index contributed by atoms with van der Waals surface area (Å²) in [5, 5.41) is 12.9. The van der Waals surface area contributed by atoms with E-state index >= 15 is 0 Å². The Morgan fingerprint density at radius 1 is 1.22 bits per heavy atom. The van der Waals surface area contributed by atoms with Crippen LogP contribution in [0.2, 0.25) is 0 Å². The van der Waals surface area contributed by atoms with Gasteiger partial charge in [-0.15, -0.1) is 0 Å². The van der Waals surface area contributed by atoms with Crippen molar-refractivity contribution in [2.45, 2.75) is 58.3 Å². The predicted octanol–water partition coefficient (Wildman–Crippen LogP) is 3.02. The first-order chi connectivity index (χ1) is 19.4. The number of likely N-dealkylation sites (N-methyl/N-ethyl adjacent to an activating group) is 1. The average Bonchev–Trinajstić information content (AvgIpc) is 2.94. The van der Waals surface area contributed by atoms with E-state index in [1.165, 1.54) is 23.7 Å². The van der Waals surface area contributed by atoms with Crippen molar-refractivity contribution in [2.24, 2.45) is 5.92 Å². The van der Waals surface area contributed by atoms with Crippen LogP contribution in [0.5, 0.6) is 5.75 Å². The van der Waals surface area contributed by atoms with Gasteiger partial charge in [0.05, 0.1) is 36.7 Å². The van der Waals surface area contributed by atoms with Gasteiger partial charge in [0.15, 0.2) is 0 Å². The number of hydrogen-bond acceptors (Lipinski definition) is 8. The molecule has 1 aliphatic rings. The molecule has 11 nitrogen and oxygen atoms in total. The molecule has 1 aromatic carbocycles. The van der Waals surface area contributed by atoms with Gasteiger partial charge in [-0.3, -0.25) is 14.6 Å². The second-order valence-corrected chi connectivity index (χ2v) is 12.8. The Balaban J connectivity index is 1.99. The van der Waals surface area contributed by atoms with Gasteiger partial charge in [-0.2, -0.15) is 0 Å². The molecule has 226 valence electrons. The largest absolute Gasteiger partial charge is 0.490 e. The van der Waals surface area contributed by atoms with E-state index in [4.69, 9.17) is 9.47 Å². The van der Waals surface area contributed by atoms with Crippen LogP contribution in [-0.4, -0.2) is 97.4 Å². The van der Waals surface area contributed by atoms with Gasteiger partial charge in [0, 0.05) is 56.3 Å². The first-order valence-corrected chi connectivity index (χ1v) is 15.7. The minimum absolute atomic E-state index is 0.136. The summed E-state index contributed by atoms with van der Waals surface area (Å²) in [5.74, 6) is -0.612. The number of benzene rings is 1. The Hall–Kier alpha value is -3.06. The van der Waals surface area contributed by atoms with Gasteiger partial charge in [0.1, 0.15) is 5.75 Å². The van der Waals surface area contributed by atoms with E-state index in [9.17, 15) is 23.1 Å². The van der Waals surface area contributed by atoms with E-state index in [1.54, 1.807) is 42.2 Å². The number of rotatable bonds is 7. The van der Waals surface area contributed by atoms with Crippen molar-refractivity contribution in [1.29, 1.82) is 0 Å². The highest BCUT2D eigenvalue weighted by atomic mass is 32.2. The summed E-state index contributed by atoms with van der Waals surface area (Å²) in [4.78, 5) is 32.4.